The van der Waals surface area contributed by atoms with E-state index >= 15 is 0 Å². The average molecular weight is 290 g/mol. The molecule has 0 radical (unpaired) electrons. The summed E-state index contributed by atoms with van der Waals surface area (Å²) in [6.45, 7) is 8.36. The average Bonchev–Trinajstić information content (AvgIpc) is 3.26. The molecule has 4 heteroatoms. The summed E-state index contributed by atoms with van der Waals surface area (Å²) in [6.07, 6.45) is 4.33. The molecule has 5 saturated carbocycles. The molecule has 21 heavy (non-hydrogen) atoms. The van der Waals surface area contributed by atoms with E-state index in [0.717, 1.165) is 19.3 Å². The minimum absolute atomic E-state index is 0.0108. The van der Waals surface area contributed by atoms with Crippen LogP contribution < -0.4 is 0 Å². The van der Waals surface area contributed by atoms with Crippen molar-refractivity contribution in [2.24, 2.45) is 28.1 Å². The first kappa shape index (κ1) is 13.5. The van der Waals surface area contributed by atoms with Gasteiger partial charge >= 0.3 is 5.97 Å². The Morgan fingerprint density at radius 1 is 1.38 bits per heavy atom. The molecule has 1 spiro atoms. The summed E-state index contributed by atoms with van der Waals surface area (Å²) in [6, 6.07) is 0. The topological polar surface area (TPSA) is 52.6 Å². The van der Waals surface area contributed by atoms with Crippen LogP contribution in [0.1, 0.15) is 33.1 Å². The number of esters is 1. The lowest BCUT2D eigenvalue weighted by atomic mass is 9.56. The Balaban J connectivity index is 1.89. The highest BCUT2D eigenvalue weighted by Crippen LogP contribution is 2.93. The van der Waals surface area contributed by atoms with Gasteiger partial charge in [-0.15, -0.1) is 6.58 Å². The molecule has 4 bridgehead atoms. The van der Waals surface area contributed by atoms with Crippen LogP contribution in [-0.4, -0.2) is 31.1 Å². The number of carbonyl (C=O) groups excluding carboxylic acids is 2. The number of carbonyl (C=O) groups is 2. The molecule has 114 valence electrons. The number of methoxy groups -OCH3 is 1. The normalized spacial score (nSPS) is 46.3. The summed E-state index contributed by atoms with van der Waals surface area (Å²) < 4.78 is 11.2. The Bertz CT molecular complexity index is 573. The van der Waals surface area contributed by atoms with Crippen LogP contribution in [0.2, 0.25) is 0 Å². The van der Waals surface area contributed by atoms with Crippen LogP contribution in [0.4, 0.5) is 0 Å². The Labute approximate surface area is 124 Å². The molecule has 5 aliphatic carbocycles. The van der Waals surface area contributed by atoms with Crippen molar-refractivity contribution < 1.29 is 19.1 Å². The van der Waals surface area contributed by atoms with Crippen molar-refractivity contribution in [3.63, 3.8) is 0 Å². The fraction of sp³-hybridized carbons (Fsp3) is 0.765. The monoisotopic (exact) mass is 290 g/mol. The van der Waals surface area contributed by atoms with Crippen molar-refractivity contribution in [2.75, 3.05) is 13.7 Å². The number of Topliss-reactive ketones (excluding diaryl/α,β-unsaturated/α-hetero) is 1. The van der Waals surface area contributed by atoms with Crippen molar-refractivity contribution in [3.05, 3.63) is 12.7 Å². The van der Waals surface area contributed by atoms with Gasteiger partial charge in [0.25, 0.3) is 0 Å². The van der Waals surface area contributed by atoms with Gasteiger partial charge in [-0.3, -0.25) is 9.59 Å². The molecule has 0 unspecified atom stereocenters. The minimum atomic E-state index is -0.713. The van der Waals surface area contributed by atoms with Crippen LogP contribution in [0.25, 0.3) is 0 Å². The van der Waals surface area contributed by atoms with E-state index < -0.39 is 11.0 Å². The van der Waals surface area contributed by atoms with Crippen LogP contribution >= 0.6 is 0 Å². The molecule has 0 saturated heterocycles. The van der Waals surface area contributed by atoms with Gasteiger partial charge in [0, 0.05) is 11.3 Å². The Morgan fingerprint density at radius 3 is 2.57 bits per heavy atom. The molecule has 0 heterocycles. The van der Waals surface area contributed by atoms with Gasteiger partial charge in [0.05, 0.1) is 25.2 Å². The molecular weight excluding hydrogens is 268 g/mol. The molecule has 0 amide bonds. The lowest BCUT2D eigenvalue weighted by Crippen LogP contribution is -2.55. The number of hydrogen-bond donors (Lipinski definition) is 0. The van der Waals surface area contributed by atoms with Gasteiger partial charge in [-0.25, -0.2) is 0 Å². The Kier molecular flexibility index (Phi) is 2.20. The maximum absolute atomic E-state index is 13.0. The first-order valence-electron chi connectivity index (χ1n) is 7.73. The number of ketones is 1. The van der Waals surface area contributed by atoms with E-state index in [4.69, 9.17) is 9.47 Å². The third kappa shape index (κ3) is 1.06. The number of ether oxygens (including phenoxy) is 2. The first-order chi connectivity index (χ1) is 9.85. The second-order valence-corrected chi connectivity index (χ2v) is 7.88. The van der Waals surface area contributed by atoms with Crippen molar-refractivity contribution in [1.29, 1.82) is 0 Å². The third-order valence-electron chi connectivity index (χ3n) is 6.64. The van der Waals surface area contributed by atoms with E-state index in [-0.39, 0.29) is 34.4 Å². The number of fused-ring (bicyclic) bond motifs is 1. The standard InChI is InChI=1S/C17H22O4/c1-5-8-21-16-9-14(2,3)11-10(18)12(16)17(16,13(19)20-4)15(11)6-7-15/h5,11-12H,1,6-9H2,2-4H3/t11-,12+,16+,17+/m1/s1. The number of hydrogen-bond acceptors (Lipinski definition) is 4. The maximum atomic E-state index is 13.0. The first-order valence-corrected chi connectivity index (χ1v) is 7.73. The van der Waals surface area contributed by atoms with E-state index in [1.165, 1.54) is 7.11 Å². The van der Waals surface area contributed by atoms with E-state index in [1.807, 2.05) is 0 Å². The van der Waals surface area contributed by atoms with Crippen molar-refractivity contribution in [2.45, 2.75) is 38.7 Å². The van der Waals surface area contributed by atoms with E-state index in [9.17, 15) is 9.59 Å². The summed E-state index contributed by atoms with van der Waals surface area (Å²) >= 11 is 0. The van der Waals surface area contributed by atoms with Gasteiger partial charge in [-0.1, -0.05) is 19.9 Å². The largest absolute Gasteiger partial charge is 0.468 e. The molecule has 0 aromatic carbocycles. The molecule has 0 aliphatic heterocycles. The van der Waals surface area contributed by atoms with Gasteiger partial charge < -0.3 is 9.47 Å². The Morgan fingerprint density at radius 2 is 2.05 bits per heavy atom. The molecule has 4 atom stereocenters. The highest BCUT2D eigenvalue weighted by molar-refractivity contribution is 6.07. The molecule has 5 rings (SSSR count). The quantitative estimate of drug-likeness (QED) is 0.588. The predicted octanol–water partition coefficient (Wildman–Crippen LogP) is 2.13. The molecule has 5 aliphatic rings. The van der Waals surface area contributed by atoms with Crippen molar-refractivity contribution in [1.82, 2.24) is 0 Å². The zero-order valence-corrected chi connectivity index (χ0v) is 12.9. The van der Waals surface area contributed by atoms with Crippen molar-refractivity contribution >= 4 is 11.8 Å². The Hall–Kier alpha value is -1.16. The second kappa shape index (κ2) is 3.43. The fourth-order valence-electron chi connectivity index (χ4n) is 6.41. The third-order valence-corrected chi connectivity index (χ3v) is 6.64. The van der Waals surface area contributed by atoms with Crippen molar-refractivity contribution in [3.8, 4) is 0 Å². The van der Waals surface area contributed by atoms with Crippen LogP contribution in [0, 0.1) is 28.1 Å². The fourth-order valence-corrected chi connectivity index (χ4v) is 6.41. The summed E-state index contributed by atoms with van der Waals surface area (Å²) in [4.78, 5) is 25.6. The smallest absolute Gasteiger partial charge is 0.316 e. The van der Waals surface area contributed by atoms with Crippen LogP contribution in [0.15, 0.2) is 12.7 Å². The lowest BCUT2D eigenvalue weighted by molar-refractivity contribution is -0.171. The summed E-state index contributed by atoms with van der Waals surface area (Å²) in [7, 11) is 1.42. The van der Waals surface area contributed by atoms with Gasteiger partial charge in [0.15, 0.2) is 0 Å². The molecule has 0 aromatic heterocycles. The van der Waals surface area contributed by atoms with E-state index in [0.29, 0.717) is 6.61 Å². The molecular formula is C17H22O4. The molecule has 0 aromatic rings. The molecule has 4 nitrogen and oxygen atoms in total. The van der Waals surface area contributed by atoms with Crippen LogP contribution in [0.5, 0.6) is 0 Å². The van der Waals surface area contributed by atoms with E-state index in [1.54, 1.807) is 6.08 Å². The summed E-state index contributed by atoms with van der Waals surface area (Å²) in [5, 5.41) is 0. The van der Waals surface area contributed by atoms with E-state index in [2.05, 4.69) is 20.4 Å². The van der Waals surface area contributed by atoms with Crippen LogP contribution in [-0.2, 0) is 19.1 Å². The minimum Gasteiger partial charge on any atom is -0.468 e. The highest BCUT2D eigenvalue weighted by atomic mass is 16.5. The zero-order valence-electron chi connectivity index (χ0n) is 12.9. The zero-order chi connectivity index (χ0) is 15.3. The summed E-state index contributed by atoms with van der Waals surface area (Å²) in [5.74, 6) is -0.306. The second-order valence-electron chi connectivity index (χ2n) is 7.88. The van der Waals surface area contributed by atoms with Gasteiger partial charge in [0.2, 0.25) is 0 Å². The summed E-state index contributed by atoms with van der Waals surface area (Å²) in [5.41, 5.74) is -1.68. The molecule has 5 fully saturated rings. The highest BCUT2D eigenvalue weighted by Gasteiger charge is 3.02. The SMILES string of the molecule is C=CCO[C@@]12CC(C)(C)[C@H]3C(=O)[C@@H]1[C@]2(C(=O)OC)C31CC1. The lowest BCUT2D eigenvalue weighted by Gasteiger charge is -2.49. The predicted molar refractivity (Wildman–Crippen MR) is 75.4 cm³/mol. The maximum Gasteiger partial charge on any atom is 0.316 e. The van der Waals surface area contributed by atoms with Gasteiger partial charge in [0.1, 0.15) is 11.2 Å². The van der Waals surface area contributed by atoms with Gasteiger partial charge in [-0.05, 0) is 24.7 Å². The number of rotatable bonds is 4. The van der Waals surface area contributed by atoms with Crippen LogP contribution in [0.3, 0.4) is 0 Å². The van der Waals surface area contributed by atoms with Gasteiger partial charge in [-0.2, -0.15) is 0 Å². The molecule has 0 N–H and O–H groups in total.